The molecule has 1 rings (SSSR count). The molecule has 0 unspecified atom stereocenters. The molecule has 0 fully saturated rings. The number of pyridine rings is 1. The molecule has 1 heterocycles. The van der Waals surface area contributed by atoms with E-state index in [0.717, 1.165) is 6.54 Å². The predicted molar refractivity (Wildman–Crippen MR) is 59.6 cm³/mol. The number of hydrogen-bond acceptors (Lipinski definition) is 4. The Balaban J connectivity index is 2.76. The van der Waals surface area contributed by atoms with Crippen molar-refractivity contribution in [3.8, 4) is 0 Å². The van der Waals surface area contributed by atoms with Crippen LogP contribution in [0.2, 0.25) is 0 Å². The van der Waals surface area contributed by atoms with Crippen LogP contribution < -0.4 is 10.7 Å². The highest BCUT2D eigenvalue weighted by molar-refractivity contribution is 5.92. The molecule has 0 spiro atoms. The van der Waals surface area contributed by atoms with Crippen LogP contribution >= 0.6 is 0 Å². The Kier molecular flexibility index (Phi) is 4.05. The summed E-state index contributed by atoms with van der Waals surface area (Å²) < 4.78 is 0. The smallest absolute Gasteiger partial charge is 0.284 e. The van der Waals surface area contributed by atoms with Gasteiger partial charge >= 0.3 is 0 Å². The van der Waals surface area contributed by atoms with Crippen molar-refractivity contribution in [2.24, 2.45) is 0 Å². The quantitative estimate of drug-likeness (QED) is 0.716. The van der Waals surface area contributed by atoms with Gasteiger partial charge in [-0.2, -0.15) is 0 Å². The number of anilines is 1. The van der Waals surface area contributed by atoms with Crippen molar-refractivity contribution in [1.29, 1.82) is 0 Å². The zero-order valence-corrected chi connectivity index (χ0v) is 9.24. The fourth-order valence-corrected chi connectivity index (χ4v) is 1.10. The van der Waals surface area contributed by atoms with Gasteiger partial charge in [0, 0.05) is 20.6 Å². The van der Waals surface area contributed by atoms with E-state index in [9.17, 15) is 4.79 Å². The predicted octanol–water partition coefficient (Wildman–Crippen LogP) is 0.720. The number of hydrazine groups is 1. The number of aromatic nitrogens is 1. The molecule has 0 radical (unpaired) electrons. The maximum Gasteiger partial charge on any atom is 0.284 e. The minimum absolute atomic E-state index is 0.209. The van der Waals surface area contributed by atoms with Gasteiger partial charge in [-0.05, 0) is 19.1 Å². The fraction of sp³-hybridized carbons (Fsp3) is 0.400. The Labute approximate surface area is 89.5 Å². The molecule has 5 nitrogen and oxygen atoms in total. The van der Waals surface area contributed by atoms with Crippen molar-refractivity contribution in [3.63, 3.8) is 0 Å². The van der Waals surface area contributed by atoms with E-state index in [0.29, 0.717) is 11.5 Å². The zero-order chi connectivity index (χ0) is 11.3. The summed E-state index contributed by atoms with van der Waals surface area (Å²) >= 11 is 0. The van der Waals surface area contributed by atoms with Crippen molar-refractivity contribution in [2.45, 2.75) is 6.92 Å². The molecule has 0 aliphatic carbocycles. The highest BCUT2D eigenvalue weighted by Gasteiger charge is 2.07. The second kappa shape index (κ2) is 5.31. The molecule has 0 bridgehead atoms. The summed E-state index contributed by atoms with van der Waals surface area (Å²) in [7, 11) is 3.51. The first-order valence-corrected chi connectivity index (χ1v) is 4.82. The molecule has 0 aliphatic heterocycles. The van der Waals surface area contributed by atoms with Gasteiger partial charge in [0.15, 0.2) is 0 Å². The van der Waals surface area contributed by atoms with E-state index in [2.05, 4.69) is 15.7 Å². The van der Waals surface area contributed by atoms with Crippen LogP contribution in [-0.4, -0.2) is 36.5 Å². The van der Waals surface area contributed by atoms with Crippen LogP contribution in [0.5, 0.6) is 0 Å². The van der Waals surface area contributed by atoms with Crippen molar-refractivity contribution in [3.05, 3.63) is 23.9 Å². The Hall–Kier alpha value is -1.62. The molecule has 5 heteroatoms. The molecule has 0 atom stereocenters. The van der Waals surface area contributed by atoms with E-state index in [-0.39, 0.29) is 5.91 Å². The molecule has 1 aromatic heterocycles. The Morgan fingerprint density at radius 1 is 1.47 bits per heavy atom. The normalized spacial score (nSPS) is 10.1. The van der Waals surface area contributed by atoms with Crippen molar-refractivity contribution in [2.75, 3.05) is 26.0 Å². The van der Waals surface area contributed by atoms with Gasteiger partial charge in [0.1, 0.15) is 11.5 Å². The lowest BCUT2D eigenvalue weighted by molar-refractivity contribution is 0.0851. The lowest BCUT2D eigenvalue weighted by Gasteiger charge is -2.11. The van der Waals surface area contributed by atoms with Crippen molar-refractivity contribution in [1.82, 2.24) is 15.4 Å². The maximum absolute atomic E-state index is 11.6. The topological polar surface area (TPSA) is 57.3 Å². The summed E-state index contributed by atoms with van der Waals surface area (Å²) in [5.41, 5.74) is 3.04. The molecular weight excluding hydrogens is 192 g/mol. The second-order valence-corrected chi connectivity index (χ2v) is 3.27. The third-order valence-electron chi connectivity index (χ3n) is 1.66. The van der Waals surface area contributed by atoms with Crippen LogP contribution in [0.15, 0.2) is 18.2 Å². The van der Waals surface area contributed by atoms with Gasteiger partial charge in [0.2, 0.25) is 0 Å². The molecule has 1 aromatic rings. The third-order valence-corrected chi connectivity index (χ3v) is 1.66. The van der Waals surface area contributed by atoms with Gasteiger partial charge in [0.25, 0.3) is 5.91 Å². The molecule has 15 heavy (non-hydrogen) atoms. The SMILES string of the molecule is CCNc1cccc(C(=O)NN(C)C)n1. The molecule has 0 aliphatic rings. The van der Waals surface area contributed by atoms with E-state index in [1.807, 2.05) is 13.0 Å². The molecule has 0 saturated heterocycles. The summed E-state index contributed by atoms with van der Waals surface area (Å²) in [4.78, 5) is 15.7. The first-order chi connectivity index (χ1) is 7.13. The minimum Gasteiger partial charge on any atom is -0.370 e. The van der Waals surface area contributed by atoms with E-state index < -0.39 is 0 Å². The number of rotatable bonds is 4. The fourth-order valence-electron chi connectivity index (χ4n) is 1.10. The number of carbonyl (C=O) groups excluding carboxylic acids is 1. The van der Waals surface area contributed by atoms with Gasteiger partial charge in [-0.3, -0.25) is 10.2 Å². The van der Waals surface area contributed by atoms with Crippen LogP contribution in [0.4, 0.5) is 5.82 Å². The lowest BCUT2D eigenvalue weighted by Crippen LogP contribution is -2.36. The molecule has 0 aromatic carbocycles. The average molecular weight is 208 g/mol. The van der Waals surface area contributed by atoms with E-state index in [4.69, 9.17) is 0 Å². The number of hydrogen-bond donors (Lipinski definition) is 2. The van der Waals surface area contributed by atoms with Gasteiger partial charge in [-0.1, -0.05) is 6.07 Å². The van der Waals surface area contributed by atoms with Crippen LogP contribution in [0.3, 0.4) is 0 Å². The standard InChI is InChI=1S/C10H16N4O/c1-4-11-9-7-5-6-8(12-9)10(15)13-14(2)3/h5-7H,4H2,1-3H3,(H,11,12)(H,13,15). The monoisotopic (exact) mass is 208 g/mol. The third kappa shape index (κ3) is 3.55. The Morgan fingerprint density at radius 2 is 2.20 bits per heavy atom. The van der Waals surface area contributed by atoms with Gasteiger partial charge < -0.3 is 5.32 Å². The summed E-state index contributed by atoms with van der Waals surface area (Å²) in [5.74, 6) is 0.503. The molecule has 82 valence electrons. The van der Waals surface area contributed by atoms with Gasteiger partial charge in [0.05, 0.1) is 0 Å². The largest absolute Gasteiger partial charge is 0.370 e. The molecular formula is C10H16N4O. The van der Waals surface area contributed by atoms with Gasteiger partial charge in [-0.25, -0.2) is 9.99 Å². The molecule has 0 saturated carbocycles. The molecule has 2 N–H and O–H groups in total. The summed E-state index contributed by atoms with van der Waals surface area (Å²) in [6, 6.07) is 5.31. The van der Waals surface area contributed by atoms with Crippen LogP contribution in [0, 0.1) is 0 Å². The maximum atomic E-state index is 11.6. The summed E-state index contributed by atoms with van der Waals surface area (Å²) in [6.07, 6.45) is 0. The first kappa shape index (κ1) is 11.5. The second-order valence-electron chi connectivity index (χ2n) is 3.27. The highest BCUT2D eigenvalue weighted by Crippen LogP contribution is 2.04. The lowest BCUT2D eigenvalue weighted by atomic mass is 10.3. The van der Waals surface area contributed by atoms with E-state index >= 15 is 0 Å². The minimum atomic E-state index is -0.209. The van der Waals surface area contributed by atoms with E-state index in [1.54, 1.807) is 31.2 Å². The summed E-state index contributed by atoms with van der Waals surface area (Å²) in [5, 5.41) is 4.64. The van der Waals surface area contributed by atoms with Crippen LogP contribution in [0.1, 0.15) is 17.4 Å². The Morgan fingerprint density at radius 3 is 2.80 bits per heavy atom. The zero-order valence-electron chi connectivity index (χ0n) is 9.24. The molecule has 1 amide bonds. The van der Waals surface area contributed by atoms with E-state index in [1.165, 1.54) is 0 Å². The van der Waals surface area contributed by atoms with Crippen molar-refractivity contribution >= 4 is 11.7 Å². The van der Waals surface area contributed by atoms with Crippen molar-refractivity contribution < 1.29 is 4.79 Å². The number of amides is 1. The number of nitrogens with zero attached hydrogens (tertiary/aromatic N) is 2. The van der Waals surface area contributed by atoms with Crippen LogP contribution in [-0.2, 0) is 0 Å². The van der Waals surface area contributed by atoms with Gasteiger partial charge in [-0.15, -0.1) is 0 Å². The number of carbonyl (C=O) groups is 1. The first-order valence-electron chi connectivity index (χ1n) is 4.82. The average Bonchev–Trinajstić information content (AvgIpc) is 2.17. The Bertz CT molecular complexity index is 338. The highest BCUT2D eigenvalue weighted by atomic mass is 16.2. The van der Waals surface area contributed by atoms with Crippen LogP contribution in [0.25, 0.3) is 0 Å². The summed E-state index contributed by atoms with van der Waals surface area (Å²) in [6.45, 7) is 2.76. The number of nitrogens with one attached hydrogen (secondary N) is 2.